The molecule has 1 rings (SSSR count). The third-order valence-corrected chi connectivity index (χ3v) is 4.89. The Hall–Kier alpha value is 0.570. The van der Waals surface area contributed by atoms with E-state index < -0.39 is 6.49 Å². The van der Waals surface area contributed by atoms with E-state index in [0.717, 1.165) is 12.6 Å². The molecule has 0 N–H and O–H groups in total. The fourth-order valence-corrected chi connectivity index (χ4v) is 2.84. The summed E-state index contributed by atoms with van der Waals surface area (Å²) in [6.07, 6.45) is 2.14. The molecule has 10 heavy (non-hydrogen) atoms. The first-order valence-electron chi connectivity index (χ1n) is 3.62. The van der Waals surface area contributed by atoms with Crippen LogP contribution >= 0.6 is 6.49 Å². The minimum atomic E-state index is -1.79. The minimum absolute atomic E-state index is 0.269. The zero-order chi connectivity index (χ0) is 7.61. The van der Waals surface area contributed by atoms with Crippen LogP contribution in [0.3, 0.4) is 0 Å². The lowest BCUT2D eigenvalue weighted by Gasteiger charge is -2.10. The lowest BCUT2D eigenvalue weighted by atomic mass is 10.3. The summed E-state index contributed by atoms with van der Waals surface area (Å²) in [4.78, 5) is 0. The van der Waals surface area contributed by atoms with Crippen molar-refractivity contribution in [2.75, 3.05) is 12.8 Å². The average molecular weight is 180 g/mol. The standard InChI is InChI=1S/C6H13O2PS/c1-3-6-5-7-9(10,4-2)8-6/h6H,3-5H2,1-2H3. The highest BCUT2D eigenvalue weighted by molar-refractivity contribution is 8.10. The highest BCUT2D eigenvalue weighted by Gasteiger charge is 2.29. The van der Waals surface area contributed by atoms with Crippen LogP contribution in [-0.2, 0) is 20.9 Å². The molecular formula is C6H13O2PS. The van der Waals surface area contributed by atoms with Crippen molar-refractivity contribution in [3.8, 4) is 0 Å². The Morgan fingerprint density at radius 2 is 2.30 bits per heavy atom. The second-order valence-corrected chi connectivity index (χ2v) is 6.35. The zero-order valence-corrected chi connectivity index (χ0v) is 8.08. The predicted molar refractivity (Wildman–Crippen MR) is 45.9 cm³/mol. The molecule has 0 aromatic carbocycles. The average Bonchev–Trinajstić information content (AvgIpc) is 2.33. The van der Waals surface area contributed by atoms with Gasteiger partial charge in [0.1, 0.15) is 0 Å². The van der Waals surface area contributed by atoms with Crippen molar-refractivity contribution in [1.82, 2.24) is 0 Å². The lowest BCUT2D eigenvalue weighted by Crippen LogP contribution is -2.05. The van der Waals surface area contributed by atoms with E-state index in [9.17, 15) is 0 Å². The van der Waals surface area contributed by atoms with Gasteiger partial charge in [-0.25, -0.2) is 0 Å². The first-order chi connectivity index (χ1) is 4.70. The van der Waals surface area contributed by atoms with Crippen LogP contribution in [0.25, 0.3) is 0 Å². The van der Waals surface area contributed by atoms with Gasteiger partial charge in [-0.3, -0.25) is 0 Å². The molecule has 1 aliphatic heterocycles. The van der Waals surface area contributed by atoms with Crippen LogP contribution in [0.15, 0.2) is 0 Å². The Bertz CT molecular complexity index is 160. The third kappa shape index (κ3) is 1.79. The van der Waals surface area contributed by atoms with Crippen molar-refractivity contribution < 1.29 is 9.05 Å². The van der Waals surface area contributed by atoms with Gasteiger partial charge in [-0.05, 0) is 18.2 Å². The van der Waals surface area contributed by atoms with Crippen LogP contribution in [0, 0.1) is 0 Å². The van der Waals surface area contributed by atoms with E-state index in [0.29, 0.717) is 6.61 Å². The van der Waals surface area contributed by atoms with Crippen LogP contribution in [0.1, 0.15) is 20.3 Å². The molecule has 0 amide bonds. The topological polar surface area (TPSA) is 18.5 Å². The van der Waals surface area contributed by atoms with Crippen molar-refractivity contribution in [1.29, 1.82) is 0 Å². The van der Waals surface area contributed by atoms with Crippen molar-refractivity contribution in [2.45, 2.75) is 26.4 Å². The molecule has 1 aliphatic rings. The summed E-state index contributed by atoms with van der Waals surface area (Å²) in [7, 11) is 0. The summed E-state index contributed by atoms with van der Waals surface area (Å²) in [6, 6.07) is 0. The van der Waals surface area contributed by atoms with Gasteiger partial charge in [-0.15, -0.1) is 0 Å². The summed E-state index contributed by atoms with van der Waals surface area (Å²) in [6.45, 7) is 3.04. The molecule has 1 fully saturated rings. The van der Waals surface area contributed by atoms with Crippen LogP contribution in [0.4, 0.5) is 0 Å². The summed E-state index contributed by atoms with van der Waals surface area (Å²) >= 11 is 5.18. The monoisotopic (exact) mass is 180 g/mol. The quantitative estimate of drug-likeness (QED) is 0.606. The molecule has 0 aliphatic carbocycles. The van der Waals surface area contributed by atoms with Gasteiger partial charge in [0.15, 0.2) is 6.49 Å². The first-order valence-corrected chi connectivity index (χ1v) is 6.44. The molecule has 2 nitrogen and oxygen atoms in total. The summed E-state index contributed by atoms with van der Waals surface area (Å²) in [5.41, 5.74) is 0. The molecule has 1 heterocycles. The van der Waals surface area contributed by atoms with Crippen LogP contribution in [-0.4, -0.2) is 18.9 Å². The van der Waals surface area contributed by atoms with E-state index in [2.05, 4.69) is 6.92 Å². The molecule has 4 heteroatoms. The van der Waals surface area contributed by atoms with E-state index in [1.165, 1.54) is 0 Å². The molecule has 0 aromatic rings. The van der Waals surface area contributed by atoms with Gasteiger partial charge in [0, 0.05) is 6.16 Å². The molecular weight excluding hydrogens is 167 g/mol. The van der Waals surface area contributed by atoms with E-state index in [1.54, 1.807) is 0 Å². The predicted octanol–water partition coefficient (Wildman–Crippen LogP) is 2.14. The van der Waals surface area contributed by atoms with Gasteiger partial charge in [-0.2, -0.15) is 0 Å². The summed E-state index contributed by atoms with van der Waals surface area (Å²) < 4.78 is 10.9. The second-order valence-electron chi connectivity index (χ2n) is 2.36. The molecule has 60 valence electrons. The van der Waals surface area contributed by atoms with Crippen LogP contribution in [0.2, 0.25) is 0 Å². The van der Waals surface area contributed by atoms with Gasteiger partial charge in [0.25, 0.3) is 0 Å². The lowest BCUT2D eigenvalue weighted by molar-refractivity contribution is 0.234. The Labute approximate surface area is 67.1 Å². The van der Waals surface area contributed by atoms with Gasteiger partial charge in [0.2, 0.25) is 0 Å². The highest BCUT2D eigenvalue weighted by Crippen LogP contribution is 2.54. The number of rotatable bonds is 2. The Balaban J connectivity index is 2.49. The molecule has 0 spiro atoms. The largest absolute Gasteiger partial charge is 0.327 e. The van der Waals surface area contributed by atoms with Crippen LogP contribution < -0.4 is 0 Å². The Morgan fingerprint density at radius 3 is 2.60 bits per heavy atom. The SMILES string of the molecule is CCC1COP(=S)(CC)O1. The molecule has 0 radical (unpaired) electrons. The number of hydrogen-bond donors (Lipinski definition) is 0. The second kappa shape index (κ2) is 3.31. The van der Waals surface area contributed by atoms with E-state index in [1.807, 2.05) is 6.92 Å². The molecule has 2 atom stereocenters. The van der Waals surface area contributed by atoms with Gasteiger partial charge >= 0.3 is 0 Å². The maximum Gasteiger partial charge on any atom is 0.188 e. The number of hydrogen-bond acceptors (Lipinski definition) is 3. The summed E-state index contributed by atoms with van der Waals surface area (Å²) in [5.74, 6) is 0. The van der Waals surface area contributed by atoms with E-state index >= 15 is 0 Å². The van der Waals surface area contributed by atoms with E-state index in [-0.39, 0.29) is 6.10 Å². The Kier molecular flexibility index (Phi) is 2.87. The van der Waals surface area contributed by atoms with Gasteiger partial charge in [-0.1, -0.05) is 13.8 Å². The van der Waals surface area contributed by atoms with Crippen molar-refractivity contribution >= 4 is 18.3 Å². The maximum atomic E-state index is 5.55. The fourth-order valence-electron chi connectivity index (χ4n) is 0.843. The Morgan fingerprint density at radius 1 is 1.60 bits per heavy atom. The molecule has 0 bridgehead atoms. The zero-order valence-electron chi connectivity index (χ0n) is 6.37. The first kappa shape index (κ1) is 8.66. The van der Waals surface area contributed by atoms with Gasteiger partial charge in [0.05, 0.1) is 12.7 Å². The smallest absolute Gasteiger partial charge is 0.188 e. The molecule has 0 aromatic heterocycles. The summed E-state index contributed by atoms with van der Waals surface area (Å²) in [5, 5.41) is 0. The minimum Gasteiger partial charge on any atom is -0.327 e. The maximum absolute atomic E-state index is 5.55. The van der Waals surface area contributed by atoms with Crippen molar-refractivity contribution in [3.63, 3.8) is 0 Å². The highest BCUT2D eigenvalue weighted by atomic mass is 32.5. The fraction of sp³-hybridized carbons (Fsp3) is 1.00. The van der Waals surface area contributed by atoms with Crippen molar-refractivity contribution in [2.24, 2.45) is 0 Å². The third-order valence-electron chi connectivity index (χ3n) is 1.61. The van der Waals surface area contributed by atoms with Crippen LogP contribution in [0.5, 0.6) is 0 Å². The van der Waals surface area contributed by atoms with E-state index in [4.69, 9.17) is 20.9 Å². The molecule has 2 unspecified atom stereocenters. The normalized spacial score (nSPS) is 40.4. The molecule has 0 saturated carbocycles. The van der Waals surface area contributed by atoms with Crippen molar-refractivity contribution in [3.05, 3.63) is 0 Å². The van der Waals surface area contributed by atoms with Gasteiger partial charge < -0.3 is 9.05 Å². The molecule has 1 saturated heterocycles.